The first-order valence-electron chi connectivity index (χ1n) is 7.02. The molecule has 0 radical (unpaired) electrons. The molecule has 0 saturated carbocycles. The molecule has 0 aliphatic carbocycles. The molecule has 0 fully saturated rings. The number of benzene rings is 2. The molecule has 2 aromatic carbocycles. The van der Waals surface area contributed by atoms with Crippen molar-refractivity contribution in [1.82, 2.24) is 4.90 Å². The van der Waals surface area contributed by atoms with Gasteiger partial charge in [-0.15, -0.1) is 0 Å². The number of halogens is 1. The Morgan fingerprint density at radius 3 is 2.48 bits per heavy atom. The van der Waals surface area contributed by atoms with Crippen molar-refractivity contribution >= 4 is 17.3 Å². The predicted molar refractivity (Wildman–Crippen MR) is 88.6 cm³/mol. The molecule has 0 bridgehead atoms. The van der Waals surface area contributed by atoms with Crippen LogP contribution in [0.15, 0.2) is 42.5 Å². The molecule has 0 saturated heterocycles. The van der Waals surface area contributed by atoms with Gasteiger partial charge in [0.15, 0.2) is 0 Å². The van der Waals surface area contributed by atoms with Crippen LogP contribution in [0, 0.1) is 0 Å². The van der Waals surface area contributed by atoms with Gasteiger partial charge in [-0.1, -0.05) is 23.7 Å². The van der Waals surface area contributed by atoms with Crippen molar-refractivity contribution in [3.63, 3.8) is 0 Å². The Labute approximate surface area is 131 Å². The second-order valence-electron chi connectivity index (χ2n) is 5.10. The van der Waals surface area contributed by atoms with Crippen LogP contribution < -0.4 is 10.5 Å². The van der Waals surface area contributed by atoms with Gasteiger partial charge in [0.1, 0.15) is 5.75 Å². The van der Waals surface area contributed by atoms with E-state index in [-0.39, 0.29) is 0 Å². The molecule has 0 aliphatic rings. The fourth-order valence-electron chi connectivity index (χ4n) is 2.27. The molecule has 0 aliphatic heterocycles. The van der Waals surface area contributed by atoms with Crippen LogP contribution in [0.5, 0.6) is 5.75 Å². The highest BCUT2D eigenvalue weighted by Crippen LogP contribution is 2.23. The molecule has 112 valence electrons. The number of hydrogen-bond acceptors (Lipinski definition) is 3. The van der Waals surface area contributed by atoms with Gasteiger partial charge in [0.05, 0.1) is 6.61 Å². The van der Waals surface area contributed by atoms with Crippen LogP contribution in [-0.4, -0.2) is 18.6 Å². The maximum atomic E-state index is 5.91. The molecule has 3 nitrogen and oxygen atoms in total. The van der Waals surface area contributed by atoms with Crippen LogP contribution in [-0.2, 0) is 13.1 Å². The van der Waals surface area contributed by atoms with Crippen LogP contribution in [0.3, 0.4) is 0 Å². The number of anilines is 1. The van der Waals surface area contributed by atoms with E-state index in [0.717, 1.165) is 35.1 Å². The highest BCUT2D eigenvalue weighted by Gasteiger charge is 2.08. The fraction of sp³-hybridized carbons (Fsp3) is 0.294. The largest absolute Gasteiger partial charge is 0.494 e. The third-order valence-corrected chi connectivity index (χ3v) is 3.44. The van der Waals surface area contributed by atoms with Crippen molar-refractivity contribution in [1.29, 1.82) is 0 Å². The summed E-state index contributed by atoms with van der Waals surface area (Å²) in [6.45, 7) is 4.26. The van der Waals surface area contributed by atoms with Crippen molar-refractivity contribution in [2.45, 2.75) is 20.0 Å². The number of nitrogen functional groups attached to an aromatic ring is 1. The number of nitrogens with zero attached hydrogens (tertiary/aromatic N) is 1. The Kier molecular flexibility index (Phi) is 5.48. The van der Waals surface area contributed by atoms with Crippen LogP contribution in [0.25, 0.3) is 0 Å². The van der Waals surface area contributed by atoms with E-state index in [9.17, 15) is 0 Å². The Hall–Kier alpha value is -1.71. The highest BCUT2D eigenvalue weighted by molar-refractivity contribution is 6.30. The van der Waals surface area contributed by atoms with Crippen molar-refractivity contribution in [2.75, 3.05) is 19.4 Å². The van der Waals surface area contributed by atoms with Crippen molar-refractivity contribution < 1.29 is 4.74 Å². The molecule has 2 N–H and O–H groups in total. The van der Waals surface area contributed by atoms with Gasteiger partial charge < -0.3 is 10.5 Å². The van der Waals surface area contributed by atoms with Crippen molar-refractivity contribution in [3.05, 3.63) is 58.6 Å². The Balaban J connectivity index is 2.06. The molecule has 21 heavy (non-hydrogen) atoms. The van der Waals surface area contributed by atoms with E-state index in [1.54, 1.807) is 0 Å². The van der Waals surface area contributed by atoms with Gasteiger partial charge in [-0.05, 0) is 49.9 Å². The van der Waals surface area contributed by atoms with Gasteiger partial charge in [-0.25, -0.2) is 0 Å². The molecule has 0 aromatic heterocycles. The van der Waals surface area contributed by atoms with Gasteiger partial charge in [0.25, 0.3) is 0 Å². The Morgan fingerprint density at radius 1 is 1.10 bits per heavy atom. The molecule has 0 amide bonds. The molecular weight excluding hydrogens is 284 g/mol. The molecule has 2 aromatic rings. The molecule has 0 atom stereocenters. The summed E-state index contributed by atoms with van der Waals surface area (Å²) in [5.41, 5.74) is 8.97. The summed E-state index contributed by atoms with van der Waals surface area (Å²) in [5, 5.41) is 0.760. The van der Waals surface area contributed by atoms with Crippen LogP contribution in [0.2, 0.25) is 5.02 Å². The minimum atomic E-state index is 0.651. The zero-order chi connectivity index (χ0) is 15.2. The van der Waals surface area contributed by atoms with E-state index in [1.807, 2.05) is 49.4 Å². The van der Waals surface area contributed by atoms with E-state index < -0.39 is 0 Å². The van der Waals surface area contributed by atoms with Gasteiger partial charge in [-0.3, -0.25) is 4.90 Å². The number of hydrogen-bond donors (Lipinski definition) is 1. The van der Waals surface area contributed by atoms with E-state index in [2.05, 4.69) is 11.9 Å². The lowest BCUT2D eigenvalue weighted by atomic mass is 10.1. The lowest BCUT2D eigenvalue weighted by molar-refractivity contribution is 0.298. The van der Waals surface area contributed by atoms with E-state index in [0.29, 0.717) is 6.61 Å². The summed E-state index contributed by atoms with van der Waals surface area (Å²) in [7, 11) is 2.08. The molecule has 0 spiro atoms. The summed E-state index contributed by atoms with van der Waals surface area (Å²) in [5.74, 6) is 0.898. The normalized spacial score (nSPS) is 10.9. The molecule has 0 unspecified atom stereocenters. The van der Waals surface area contributed by atoms with Gasteiger partial charge >= 0.3 is 0 Å². The minimum Gasteiger partial charge on any atom is -0.494 e. The molecular formula is C17H21ClN2O. The quantitative estimate of drug-likeness (QED) is 0.821. The number of rotatable bonds is 6. The number of ether oxygens (including phenoxy) is 1. The standard InChI is InChI=1S/C17H21ClN2O/c1-3-21-17-9-8-16(19)10-14(17)12-20(2)11-13-4-6-15(18)7-5-13/h4-10H,3,11-12,19H2,1-2H3. The van der Waals surface area contributed by atoms with E-state index >= 15 is 0 Å². The van der Waals surface area contributed by atoms with Gasteiger partial charge in [-0.2, -0.15) is 0 Å². The lowest BCUT2D eigenvalue weighted by Gasteiger charge is -2.19. The van der Waals surface area contributed by atoms with Crippen LogP contribution in [0.4, 0.5) is 5.69 Å². The lowest BCUT2D eigenvalue weighted by Crippen LogP contribution is -2.18. The molecule has 4 heteroatoms. The summed E-state index contributed by atoms with van der Waals surface area (Å²) in [6.07, 6.45) is 0. The second kappa shape index (κ2) is 7.34. The first kappa shape index (κ1) is 15.7. The van der Waals surface area contributed by atoms with Crippen LogP contribution in [0.1, 0.15) is 18.1 Å². The zero-order valence-electron chi connectivity index (χ0n) is 12.5. The first-order chi connectivity index (χ1) is 10.1. The second-order valence-corrected chi connectivity index (χ2v) is 5.54. The summed E-state index contributed by atoms with van der Waals surface area (Å²) >= 11 is 5.91. The average Bonchev–Trinajstić information content (AvgIpc) is 2.44. The van der Waals surface area contributed by atoms with Crippen molar-refractivity contribution in [3.8, 4) is 5.75 Å². The fourth-order valence-corrected chi connectivity index (χ4v) is 2.39. The van der Waals surface area contributed by atoms with Crippen molar-refractivity contribution in [2.24, 2.45) is 0 Å². The molecule has 2 rings (SSSR count). The predicted octanol–water partition coefficient (Wildman–Crippen LogP) is 3.95. The molecule has 0 heterocycles. The third-order valence-electron chi connectivity index (χ3n) is 3.19. The summed E-state index contributed by atoms with van der Waals surface area (Å²) < 4.78 is 5.66. The maximum Gasteiger partial charge on any atom is 0.123 e. The topological polar surface area (TPSA) is 38.5 Å². The Bertz CT molecular complexity index is 584. The highest BCUT2D eigenvalue weighted by atomic mass is 35.5. The van der Waals surface area contributed by atoms with Crippen LogP contribution >= 0.6 is 11.6 Å². The maximum absolute atomic E-state index is 5.91. The Morgan fingerprint density at radius 2 is 1.81 bits per heavy atom. The van der Waals surface area contributed by atoms with E-state index in [4.69, 9.17) is 22.1 Å². The SMILES string of the molecule is CCOc1ccc(N)cc1CN(C)Cc1ccc(Cl)cc1. The minimum absolute atomic E-state index is 0.651. The van der Waals surface area contributed by atoms with Gasteiger partial charge in [0, 0.05) is 29.4 Å². The smallest absolute Gasteiger partial charge is 0.123 e. The number of nitrogens with two attached hydrogens (primary N) is 1. The summed E-state index contributed by atoms with van der Waals surface area (Å²) in [6, 6.07) is 13.7. The van der Waals surface area contributed by atoms with E-state index in [1.165, 1.54) is 5.56 Å². The first-order valence-corrected chi connectivity index (χ1v) is 7.40. The summed E-state index contributed by atoms with van der Waals surface area (Å²) in [4.78, 5) is 2.22. The monoisotopic (exact) mass is 304 g/mol. The zero-order valence-corrected chi connectivity index (χ0v) is 13.2. The van der Waals surface area contributed by atoms with Gasteiger partial charge in [0.2, 0.25) is 0 Å². The third kappa shape index (κ3) is 4.66. The average molecular weight is 305 g/mol.